The molecule has 2 rings (SSSR count). The van der Waals surface area contributed by atoms with Gasteiger partial charge in [0.25, 0.3) is 0 Å². The number of aryl methyl sites for hydroxylation is 1. The second kappa shape index (κ2) is 5.62. The smallest absolute Gasteiger partial charge is 0.167 e. The van der Waals surface area contributed by atoms with Crippen LogP contribution in [-0.2, 0) is 6.54 Å². The van der Waals surface area contributed by atoms with Crippen molar-refractivity contribution in [1.82, 2.24) is 15.0 Å². The number of nitrogens with zero attached hydrogens (tertiary/aromatic N) is 3. The average molecular weight is 260 g/mol. The van der Waals surface area contributed by atoms with Gasteiger partial charge in [-0.25, -0.2) is 15.0 Å². The molecule has 0 aliphatic rings. The largest absolute Gasteiger partial charge is 0.497 e. The van der Waals surface area contributed by atoms with E-state index in [9.17, 15) is 0 Å². The average Bonchev–Trinajstić information content (AvgIpc) is 2.45. The fourth-order valence-electron chi connectivity index (χ4n) is 1.74. The first-order chi connectivity index (χ1) is 9.17. The molecule has 2 aromatic rings. The maximum Gasteiger partial charge on any atom is 0.167 e. The van der Waals surface area contributed by atoms with Gasteiger partial charge in [0.2, 0.25) is 0 Å². The molecule has 0 fully saturated rings. The van der Waals surface area contributed by atoms with Crippen LogP contribution < -0.4 is 15.2 Å². The van der Waals surface area contributed by atoms with Gasteiger partial charge in [-0.3, -0.25) is 0 Å². The first-order valence-electron chi connectivity index (χ1n) is 5.82. The van der Waals surface area contributed by atoms with Gasteiger partial charge < -0.3 is 15.2 Å². The lowest BCUT2D eigenvalue weighted by Gasteiger charge is -2.10. The van der Waals surface area contributed by atoms with Crippen LogP contribution in [-0.4, -0.2) is 29.2 Å². The standard InChI is InChI=1S/C13H16N4O2/c1-8-15-12(7-14)17-13(16-8)10-6-9(18-2)4-5-11(10)19-3/h4-6H,7,14H2,1-3H3. The van der Waals surface area contributed by atoms with E-state index in [4.69, 9.17) is 15.2 Å². The number of aromatic nitrogens is 3. The molecule has 6 nitrogen and oxygen atoms in total. The summed E-state index contributed by atoms with van der Waals surface area (Å²) in [4.78, 5) is 12.8. The van der Waals surface area contributed by atoms with Gasteiger partial charge in [-0.05, 0) is 25.1 Å². The summed E-state index contributed by atoms with van der Waals surface area (Å²) in [6.45, 7) is 2.07. The van der Waals surface area contributed by atoms with Crippen molar-refractivity contribution in [1.29, 1.82) is 0 Å². The highest BCUT2D eigenvalue weighted by atomic mass is 16.5. The Labute approximate surface area is 111 Å². The molecule has 0 bridgehead atoms. The van der Waals surface area contributed by atoms with Crippen molar-refractivity contribution < 1.29 is 9.47 Å². The molecule has 2 N–H and O–H groups in total. The number of benzene rings is 1. The molecule has 0 atom stereocenters. The second-order valence-corrected chi connectivity index (χ2v) is 3.89. The van der Waals surface area contributed by atoms with Gasteiger partial charge in [0.15, 0.2) is 5.82 Å². The molecular weight excluding hydrogens is 244 g/mol. The third-order valence-corrected chi connectivity index (χ3v) is 2.62. The summed E-state index contributed by atoms with van der Waals surface area (Å²) >= 11 is 0. The van der Waals surface area contributed by atoms with Crippen molar-refractivity contribution in [2.45, 2.75) is 13.5 Å². The molecule has 100 valence electrons. The van der Waals surface area contributed by atoms with Crippen LogP contribution in [0.3, 0.4) is 0 Å². The molecule has 0 aliphatic heterocycles. The van der Waals surface area contributed by atoms with Gasteiger partial charge in [-0.1, -0.05) is 0 Å². The van der Waals surface area contributed by atoms with Crippen LogP contribution in [0.4, 0.5) is 0 Å². The molecule has 0 saturated heterocycles. The van der Waals surface area contributed by atoms with E-state index in [0.717, 1.165) is 5.56 Å². The van der Waals surface area contributed by atoms with E-state index >= 15 is 0 Å². The Morgan fingerprint density at radius 2 is 1.89 bits per heavy atom. The lowest BCUT2D eigenvalue weighted by molar-refractivity contribution is 0.404. The Balaban J connectivity index is 2.59. The number of hydrogen-bond donors (Lipinski definition) is 1. The highest BCUT2D eigenvalue weighted by Crippen LogP contribution is 2.31. The van der Waals surface area contributed by atoms with E-state index in [1.54, 1.807) is 21.1 Å². The quantitative estimate of drug-likeness (QED) is 0.892. The highest BCUT2D eigenvalue weighted by molar-refractivity contribution is 5.66. The molecule has 1 heterocycles. The summed E-state index contributed by atoms with van der Waals surface area (Å²) in [5.74, 6) is 3.09. The summed E-state index contributed by atoms with van der Waals surface area (Å²) in [5, 5.41) is 0. The van der Waals surface area contributed by atoms with Crippen LogP contribution in [0.15, 0.2) is 18.2 Å². The van der Waals surface area contributed by atoms with E-state index < -0.39 is 0 Å². The zero-order valence-corrected chi connectivity index (χ0v) is 11.2. The summed E-state index contributed by atoms with van der Waals surface area (Å²) in [6, 6.07) is 5.46. The van der Waals surface area contributed by atoms with Crippen LogP contribution in [0.2, 0.25) is 0 Å². The lowest BCUT2D eigenvalue weighted by Crippen LogP contribution is -2.07. The van der Waals surface area contributed by atoms with Crippen molar-refractivity contribution in [2.75, 3.05) is 14.2 Å². The Hall–Kier alpha value is -2.21. The van der Waals surface area contributed by atoms with E-state index in [1.165, 1.54) is 0 Å². The van der Waals surface area contributed by atoms with E-state index in [1.807, 2.05) is 18.2 Å². The van der Waals surface area contributed by atoms with Gasteiger partial charge in [-0.2, -0.15) is 0 Å². The number of rotatable bonds is 4. The molecule has 0 unspecified atom stereocenters. The number of methoxy groups -OCH3 is 2. The zero-order valence-electron chi connectivity index (χ0n) is 11.2. The Kier molecular flexibility index (Phi) is 3.91. The number of nitrogens with two attached hydrogens (primary N) is 1. The molecule has 6 heteroatoms. The lowest BCUT2D eigenvalue weighted by atomic mass is 10.1. The molecule has 0 amide bonds. The number of ether oxygens (including phenoxy) is 2. The van der Waals surface area contributed by atoms with Gasteiger partial charge >= 0.3 is 0 Å². The summed E-state index contributed by atoms with van der Waals surface area (Å²) in [7, 11) is 3.21. The molecule has 0 spiro atoms. The van der Waals surface area contributed by atoms with Crippen LogP contribution in [0, 0.1) is 6.92 Å². The Morgan fingerprint density at radius 1 is 1.11 bits per heavy atom. The van der Waals surface area contributed by atoms with Crippen LogP contribution >= 0.6 is 0 Å². The van der Waals surface area contributed by atoms with Crippen molar-refractivity contribution in [3.63, 3.8) is 0 Å². The molecule has 0 saturated carbocycles. The molecular formula is C13H16N4O2. The van der Waals surface area contributed by atoms with E-state index in [2.05, 4.69) is 15.0 Å². The third-order valence-electron chi connectivity index (χ3n) is 2.62. The minimum absolute atomic E-state index is 0.267. The first-order valence-corrected chi connectivity index (χ1v) is 5.82. The van der Waals surface area contributed by atoms with Gasteiger partial charge in [0.1, 0.15) is 23.1 Å². The summed E-state index contributed by atoms with van der Waals surface area (Å²) < 4.78 is 10.5. The van der Waals surface area contributed by atoms with Gasteiger partial charge in [-0.15, -0.1) is 0 Å². The van der Waals surface area contributed by atoms with Gasteiger partial charge in [0, 0.05) is 0 Å². The Bertz CT molecular complexity index is 587. The maximum atomic E-state index is 5.58. The maximum absolute atomic E-state index is 5.58. The molecule has 0 radical (unpaired) electrons. The van der Waals surface area contributed by atoms with Crippen molar-refractivity contribution in [3.8, 4) is 22.9 Å². The van der Waals surface area contributed by atoms with E-state index in [-0.39, 0.29) is 6.54 Å². The third kappa shape index (κ3) is 2.79. The van der Waals surface area contributed by atoms with Crippen LogP contribution in [0.25, 0.3) is 11.4 Å². The second-order valence-electron chi connectivity index (χ2n) is 3.89. The monoisotopic (exact) mass is 260 g/mol. The minimum Gasteiger partial charge on any atom is -0.497 e. The van der Waals surface area contributed by atoms with Crippen LogP contribution in [0.1, 0.15) is 11.6 Å². The topological polar surface area (TPSA) is 83.2 Å². The van der Waals surface area contributed by atoms with Gasteiger partial charge in [0.05, 0.1) is 26.3 Å². The molecule has 19 heavy (non-hydrogen) atoms. The molecule has 1 aromatic heterocycles. The summed E-state index contributed by atoms with van der Waals surface area (Å²) in [5.41, 5.74) is 6.34. The van der Waals surface area contributed by atoms with E-state index in [0.29, 0.717) is 29.0 Å². The minimum atomic E-state index is 0.267. The fourth-order valence-corrected chi connectivity index (χ4v) is 1.74. The first kappa shape index (κ1) is 13.2. The molecule has 0 aliphatic carbocycles. The number of hydrogen-bond acceptors (Lipinski definition) is 6. The van der Waals surface area contributed by atoms with Crippen molar-refractivity contribution >= 4 is 0 Å². The predicted octanol–water partition coefficient (Wildman–Crippen LogP) is 1.32. The Morgan fingerprint density at radius 3 is 2.53 bits per heavy atom. The predicted molar refractivity (Wildman–Crippen MR) is 71.0 cm³/mol. The SMILES string of the molecule is COc1ccc(OC)c(-c2nc(C)nc(CN)n2)c1. The zero-order chi connectivity index (χ0) is 13.8. The van der Waals surface area contributed by atoms with Crippen molar-refractivity contribution in [2.24, 2.45) is 5.73 Å². The molecule has 1 aromatic carbocycles. The fraction of sp³-hybridized carbons (Fsp3) is 0.308. The van der Waals surface area contributed by atoms with Crippen LogP contribution in [0.5, 0.6) is 11.5 Å². The normalized spacial score (nSPS) is 10.3. The summed E-state index contributed by atoms with van der Waals surface area (Å²) in [6.07, 6.45) is 0. The highest BCUT2D eigenvalue weighted by Gasteiger charge is 2.12. The van der Waals surface area contributed by atoms with Crippen molar-refractivity contribution in [3.05, 3.63) is 29.8 Å².